The first kappa shape index (κ1) is 15.5. The van der Waals surface area contributed by atoms with Gasteiger partial charge in [-0.3, -0.25) is 0 Å². The molecule has 102 valence electrons. The van der Waals surface area contributed by atoms with Gasteiger partial charge in [0.25, 0.3) is 0 Å². The van der Waals surface area contributed by atoms with Crippen molar-refractivity contribution in [3.05, 3.63) is 28.2 Å². The summed E-state index contributed by atoms with van der Waals surface area (Å²) in [5.41, 5.74) is 1.23. The standard InChI is InChI=1S/C14H22BrNO2/c1-10(17)9-18-12-5-6-13(15)11(7-12)8-16-14(2,3)4/h5-7,10,16-17H,8-9H2,1-4H3. The molecule has 1 unspecified atom stereocenters. The van der Waals surface area contributed by atoms with Crippen LogP contribution in [0.1, 0.15) is 33.3 Å². The molecule has 1 aromatic rings. The number of rotatable bonds is 5. The Balaban J connectivity index is 2.69. The van der Waals surface area contributed by atoms with Crippen LogP contribution in [0.3, 0.4) is 0 Å². The highest BCUT2D eigenvalue weighted by molar-refractivity contribution is 9.10. The van der Waals surface area contributed by atoms with Crippen molar-refractivity contribution < 1.29 is 9.84 Å². The lowest BCUT2D eigenvalue weighted by atomic mass is 10.1. The van der Waals surface area contributed by atoms with Crippen LogP contribution in [0.15, 0.2) is 22.7 Å². The van der Waals surface area contributed by atoms with Gasteiger partial charge in [-0.25, -0.2) is 0 Å². The summed E-state index contributed by atoms with van der Waals surface area (Å²) in [6.07, 6.45) is -0.454. The van der Waals surface area contributed by atoms with E-state index in [0.717, 1.165) is 22.3 Å². The molecule has 0 fully saturated rings. The third-order valence-electron chi connectivity index (χ3n) is 2.32. The molecule has 4 heteroatoms. The summed E-state index contributed by atoms with van der Waals surface area (Å²) in [6.45, 7) is 9.20. The fourth-order valence-corrected chi connectivity index (χ4v) is 1.74. The number of ether oxygens (including phenoxy) is 1. The van der Waals surface area contributed by atoms with Crippen LogP contribution in [0.25, 0.3) is 0 Å². The molecule has 0 aliphatic heterocycles. The Hall–Kier alpha value is -0.580. The van der Waals surface area contributed by atoms with Gasteiger partial charge in [-0.1, -0.05) is 15.9 Å². The average Bonchev–Trinajstić information content (AvgIpc) is 2.25. The number of aliphatic hydroxyl groups excluding tert-OH is 1. The van der Waals surface area contributed by atoms with E-state index >= 15 is 0 Å². The van der Waals surface area contributed by atoms with E-state index in [2.05, 4.69) is 42.0 Å². The van der Waals surface area contributed by atoms with E-state index < -0.39 is 6.10 Å². The van der Waals surface area contributed by atoms with Gasteiger partial charge < -0.3 is 15.2 Å². The molecule has 0 amide bonds. The highest BCUT2D eigenvalue weighted by atomic mass is 79.9. The first-order chi connectivity index (χ1) is 8.28. The molecule has 2 N–H and O–H groups in total. The fraction of sp³-hybridized carbons (Fsp3) is 0.571. The third-order valence-corrected chi connectivity index (χ3v) is 3.09. The second-order valence-electron chi connectivity index (χ2n) is 5.52. The summed E-state index contributed by atoms with van der Waals surface area (Å²) < 4.78 is 6.56. The van der Waals surface area contributed by atoms with Crippen LogP contribution >= 0.6 is 15.9 Å². The van der Waals surface area contributed by atoms with Gasteiger partial charge in [-0.2, -0.15) is 0 Å². The van der Waals surface area contributed by atoms with Crippen molar-refractivity contribution in [3.8, 4) is 5.75 Å². The molecular formula is C14H22BrNO2. The Morgan fingerprint density at radius 2 is 2.06 bits per heavy atom. The molecule has 18 heavy (non-hydrogen) atoms. The van der Waals surface area contributed by atoms with Crippen molar-refractivity contribution in [1.29, 1.82) is 0 Å². The minimum atomic E-state index is -0.454. The molecule has 0 radical (unpaired) electrons. The van der Waals surface area contributed by atoms with E-state index in [1.165, 1.54) is 0 Å². The van der Waals surface area contributed by atoms with Crippen molar-refractivity contribution in [2.75, 3.05) is 6.61 Å². The number of aliphatic hydroxyl groups is 1. The van der Waals surface area contributed by atoms with E-state index in [4.69, 9.17) is 4.74 Å². The van der Waals surface area contributed by atoms with E-state index in [-0.39, 0.29) is 5.54 Å². The minimum Gasteiger partial charge on any atom is -0.491 e. The zero-order valence-electron chi connectivity index (χ0n) is 11.5. The summed E-state index contributed by atoms with van der Waals surface area (Å²) in [6, 6.07) is 5.86. The Bertz CT molecular complexity index is 386. The third kappa shape index (κ3) is 5.85. The number of nitrogens with one attached hydrogen (secondary N) is 1. The maximum Gasteiger partial charge on any atom is 0.119 e. The largest absolute Gasteiger partial charge is 0.491 e. The lowest BCUT2D eigenvalue weighted by Gasteiger charge is -2.21. The monoisotopic (exact) mass is 315 g/mol. The van der Waals surface area contributed by atoms with Crippen LogP contribution in [-0.2, 0) is 6.54 Å². The quantitative estimate of drug-likeness (QED) is 0.877. The molecule has 0 bridgehead atoms. The van der Waals surface area contributed by atoms with Crippen LogP contribution in [0.4, 0.5) is 0 Å². The Labute approximate surface area is 118 Å². The first-order valence-corrected chi connectivity index (χ1v) is 6.91. The van der Waals surface area contributed by atoms with Gasteiger partial charge in [0, 0.05) is 16.6 Å². The molecule has 0 aliphatic carbocycles. The van der Waals surface area contributed by atoms with Gasteiger partial charge in [-0.05, 0) is 51.5 Å². The first-order valence-electron chi connectivity index (χ1n) is 6.12. The smallest absolute Gasteiger partial charge is 0.119 e. The molecule has 0 saturated carbocycles. The summed E-state index contributed by atoms with van der Waals surface area (Å²) in [7, 11) is 0. The normalized spacial score (nSPS) is 13.4. The molecule has 1 rings (SSSR count). The van der Waals surface area contributed by atoms with E-state index in [1.807, 2.05) is 18.2 Å². The van der Waals surface area contributed by atoms with Crippen LogP contribution in [0.5, 0.6) is 5.75 Å². The molecule has 3 nitrogen and oxygen atoms in total. The molecule has 0 aliphatic rings. The van der Waals surface area contributed by atoms with Crippen molar-refractivity contribution in [2.24, 2.45) is 0 Å². The molecule has 1 aromatic carbocycles. The van der Waals surface area contributed by atoms with Gasteiger partial charge in [0.1, 0.15) is 12.4 Å². The second-order valence-corrected chi connectivity index (χ2v) is 6.37. The summed E-state index contributed by atoms with van der Waals surface area (Å²) in [5, 5.41) is 12.6. The van der Waals surface area contributed by atoms with Crippen molar-refractivity contribution in [2.45, 2.75) is 45.9 Å². The van der Waals surface area contributed by atoms with E-state index in [1.54, 1.807) is 6.92 Å². The van der Waals surface area contributed by atoms with Gasteiger partial charge in [0.15, 0.2) is 0 Å². The molecule has 0 spiro atoms. The average molecular weight is 316 g/mol. The topological polar surface area (TPSA) is 41.5 Å². The van der Waals surface area contributed by atoms with Crippen LogP contribution in [0.2, 0.25) is 0 Å². The summed E-state index contributed by atoms with van der Waals surface area (Å²) in [5.74, 6) is 0.782. The zero-order chi connectivity index (χ0) is 13.8. The van der Waals surface area contributed by atoms with E-state index in [0.29, 0.717) is 6.61 Å². The summed E-state index contributed by atoms with van der Waals surface area (Å²) in [4.78, 5) is 0. The SMILES string of the molecule is CC(O)COc1ccc(Br)c(CNC(C)(C)C)c1. The Morgan fingerprint density at radius 1 is 1.39 bits per heavy atom. The van der Waals surface area contributed by atoms with Crippen LogP contribution in [-0.4, -0.2) is 23.4 Å². The molecule has 0 heterocycles. The number of halogens is 1. The molecule has 0 saturated heterocycles. The highest BCUT2D eigenvalue weighted by Gasteiger charge is 2.10. The number of benzene rings is 1. The van der Waals surface area contributed by atoms with Crippen LogP contribution < -0.4 is 10.1 Å². The van der Waals surface area contributed by atoms with Crippen molar-refractivity contribution >= 4 is 15.9 Å². The lowest BCUT2D eigenvalue weighted by molar-refractivity contribution is 0.122. The van der Waals surface area contributed by atoms with Gasteiger partial charge in [0.2, 0.25) is 0 Å². The lowest BCUT2D eigenvalue weighted by Crippen LogP contribution is -2.35. The predicted molar refractivity (Wildman–Crippen MR) is 77.9 cm³/mol. The van der Waals surface area contributed by atoms with E-state index in [9.17, 15) is 5.11 Å². The van der Waals surface area contributed by atoms with Gasteiger partial charge in [0.05, 0.1) is 6.10 Å². The fourth-order valence-electron chi connectivity index (χ4n) is 1.35. The Kier molecular flexibility index (Phi) is 5.63. The van der Waals surface area contributed by atoms with Crippen LogP contribution in [0, 0.1) is 0 Å². The summed E-state index contributed by atoms with van der Waals surface area (Å²) >= 11 is 3.53. The van der Waals surface area contributed by atoms with Crippen molar-refractivity contribution in [1.82, 2.24) is 5.32 Å². The van der Waals surface area contributed by atoms with Crippen molar-refractivity contribution in [3.63, 3.8) is 0 Å². The maximum atomic E-state index is 9.20. The zero-order valence-corrected chi connectivity index (χ0v) is 13.0. The molecular weight excluding hydrogens is 294 g/mol. The molecule has 1 atom stereocenters. The Morgan fingerprint density at radius 3 is 2.61 bits per heavy atom. The molecule has 0 aromatic heterocycles. The van der Waals surface area contributed by atoms with Gasteiger partial charge >= 0.3 is 0 Å². The second kappa shape index (κ2) is 6.55. The number of hydrogen-bond donors (Lipinski definition) is 2. The predicted octanol–water partition coefficient (Wildman–Crippen LogP) is 3.10. The maximum absolute atomic E-state index is 9.20. The number of hydrogen-bond acceptors (Lipinski definition) is 3. The highest BCUT2D eigenvalue weighted by Crippen LogP contribution is 2.23. The minimum absolute atomic E-state index is 0.0793. The van der Waals surface area contributed by atoms with Gasteiger partial charge in [-0.15, -0.1) is 0 Å².